The van der Waals surface area contributed by atoms with Crippen LogP contribution in [0.3, 0.4) is 0 Å². The van der Waals surface area contributed by atoms with Crippen LogP contribution < -0.4 is 11.3 Å². The SMILES string of the molecule is Nc1nc2c(ncn2[C@H]2C[C@H](O)[C@@H](CO)O2)c(=O)[nH]1.c1ccncc1. The molecule has 1 fully saturated rings. The molecular weight excluding hydrogens is 328 g/mol. The predicted molar refractivity (Wildman–Crippen MR) is 88.4 cm³/mol. The Balaban J connectivity index is 0.000000258. The summed E-state index contributed by atoms with van der Waals surface area (Å²) in [6.07, 6.45) is 3.23. The lowest BCUT2D eigenvalue weighted by molar-refractivity contribution is -0.0432. The number of nitrogens with zero attached hydrogens (tertiary/aromatic N) is 4. The summed E-state index contributed by atoms with van der Waals surface area (Å²) >= 11 is 0. The van der Waals surface area contributed by atoms with Crippen molar-refractivity contribution in [2.45, 2.75) is 24.9 Å². The van der Waals surface area contributed by atoms with Crippen molar-refractivity contribution < 1.29 is 14.9 Å². The number of hydrogen-bond acceptors (Lipinski definition) is 8. The third kappa shape index (κ3) is 3.65. The van der Waals surface area contributed by atoms with Gasteiger partial charge < -0.3 is 20.7 Å². The second kappa shape index (κ2) is 7.38. The molecule has 1 aliphatic rings. The Hall–Kier alpha value is -2.82. The normalized spacial score (nSPS) is 22.6. The van der Waals surface area contributed by atoms with Gasteiger partial charge in [-0.1, -0.05) is 6.07 Å². The molecule has 0 saturated carbocycles. The summed E-state index contributed by atoms with van der Waals surface area (Å²) in [5, 5.41) is 18.8. The van der Waals surface area contributed by atoms with Crippen LogP contribution in [0.25, 0.3) is 11.2 Å². The predicted octanol–water partition coefficient (Wildman–Crippen LogP) is -0.576. The largest absolute Gasteiger partial charge is 0.394 e. The molecule has 3 aromatic rings. The molecule has 4 heterocycles. The van der Waals surface area contributed by atoms with E-state index in [1.54, 1.807) is 12.4 Å². The number of nitrogens with two attached hydrogens (primary N) is 1. The van der Waals surface area contributed by atoms with Crippen molar-refractivity contribution in [1.82, 2.24) is 24.5 Å². The van der Waals surface area contributed by atoms with Gasteiger partial charge in [-0.05, 0) is 12.1 Å². The molecule has 0 radical (unpaired) electrons. The maximum absolute atomic E-state index is 11.6. The molecule has 0 unspecified atom stereocenters. The lowest BCUT2D eigenvalue weighted by atomic mass is 10.2. The summed E-state index contributed by atoms with van der Waals surface area (Å²) in [6, 6.07) is 5.72. The molecule has 4 rings (SSSR count). The van der Waals surface area contributed by atoms with Gasteiger partial charge in [0.05, 0.1) is 19.0 Å². The number of nitrogens with one attached hydrogen (secondary N) is 1. The van der Waals surface area contributed by atoms with E-state index >= 15 is 0 Å². The zero-order valence-corrected chi connectivity index (χ0v) is 13.2. The number of anilines is 1. The zero-order valence-electron chi connectivity index (χ0n) is 13.2. The maximum Gasteiger partial charge on any atom is 0.280 e. The molecule has 25 heavy (non-hydrogen) atoms. The molecule has 1 aliphatic heterocycles. The molecule has 0 aromatic carbocycles. The van der Waals surface area contributed by atoms with Gasteiger partial charge in [-0.15, -0.1) is 0 Å². The number of nitrogen functional groups attached to an aromatic ring is 1. The van der Waals surface area contributed by atoms with Crippen LogP contribution in [0.4, 0.5) is 5.95 Å². The lowest BCUT2D eigenvalue weighted by Crippen LogP contribution is -2.24. The lowest BCUT2D eigenvalue weighted by Gasteiger charge is -2.13. The number of aliphatic hydroxyl groups excluding tert-OH is 2. The van der Waals surface area contributed by atoms with Crippen LogP contribution in [-0.4, -0.2) is 53.5 Å². The molecule has 132 valence electrons. The monoisotopic (exact) mass is 346 g/mol. The Morgan fingerprint density at radius 1 is 1.36 bits per heavy atom. The van der Waals surface area contributed by atoms with E-state index in [9.17, 15) is 9.90 Å². The van der Waals surface area contributed by atoms with Gasteiger partial charge in [-0.3, -0.25) is 19.3 Å². The molecule has 0 bridgehead atoms. The van der Waals surface area contributed by atoms with Crippen LogP contribution in [0, 0.1) is 0 Å². The van der Waals surface area contributed by atoms with Crippen LogP contribution in [0.2, 0.25) is 0 Å². The average molecular weight is 346 g/mol. The molecule has 0 spiro atoms. The van der Waals surface area contributed by atoms with E-state index in [1.807, 2.05) is 18.2 Å². The highest BCUT2D eigenvalue weighted by atomic mass is 16.5. The number of rotatable bonds is 2. The van der Waals surface area contributed by atoms with Crippen molar-refractivity contribution in [3.8, 4) is 0 Å². The Bertz CT molecular complexity index is 854. The second-order valence-corrected chi connectivity index (χ2v) is 5.41. The van der Waals surface area contributed by atoms with Crippen molar-refractivity contribution >= 4 is 17.1 Å². The quantitative estimate of drug-likeness (QED) is 0.481. The summed E-state index contributed by atoms with van der Waals surface area (Å²) in [5.74, 6) is -0.0171. The van der Waals surface area contributed by atoms with E-state index in [0.717, 1.165) is 0 Å². The summed E-state index contributed by atoms with van der Waals surface area (Å²) in [7, 11) is 0. The first-order valence-electron chi connectivity index (χ1n) is 7.62. The van der Waals surface area contributed by atoms with Crippen LogP contribution in [0.15, 0.2) is 41.7 Å². The number of aromatic nitrogens is 5. The summed E-state index contributed by atoms with van der Waals surface area (Å²) < 4.78 is 7.01. The fraction of sp³-hybridized carbons (Fsp3) is 0.333. The van der Waals surface area contributed by atoms with Crippen molar-refractivity contribution in [2.24, 2.45) is 0 Å². The van der Waals surface area contributed by atoms with Gasteiger partial charge in [0.15, 0.2) is 11.2 Å². The highest BCUT2D eigenvalue weighted by Crippen LogP contribution is 2.30. The standard InChI is InChI=1S/C10H13N5O4.C5H5N/c11-10-13-8-7(9(18)14-10)12-3-15(8)6-1-4(17)5(2-16)19-6;1-2-4-6-5-3-1/h3-6,16-17H,1-2H2,(H3,11,13,14,18);1-5H/t4-,5+,6+;/m0./s1. The van der Waals surface area contributed by atoms with Crippen LogP contribution in [0.5, 0.6) is 0 Å². The van der Waals surface area contributed by atoms with E-state index in [-0.39, 0.29) is 30.1 Å². The Labute approximate surface area is 141 Å². The van der Waals surface area contributed by atoms with E-state index in [2.05, 4.69) is 19.9 Å². The highest BCUT2D eigenvalue weighted by Gasteiger charge is 2.35. The number of pyridine rings is 1. The Kier molecular flexibility index (Phi) is 5.03. The molecule has 10 nitrogen and oxygen atoms in total. The number of H-pyrrole nitrogens is 1. The topological polar surface area (TPSA) is 152 Å². The van der Waals surface area contributed by atoms with Crippen molar-refractivity contribution in [2.75, 3.05) is 12.3 Å². The molecular formula is C15H18N6O4. The highest BCUT2D eigenvalue weighted by molar-refractivity contribution is 5.70. The first kappa shape index (κ1) is 17.0. The number of hydrogen-bond donors (Lipinski definition) is 4. The summed E-state index contributed by atoms with van der Waals surface area (Å²) in [4.78, 5) is 25.7. The number of aromatic amines is 1. The number of fused-ring (bicyclic) bond motifs is 1. The molecule has 0 aliphatic carbocycles. The van der Waals surface area contributed by atoms with Gasteiger partial charge in [0.2, 0.25) is 5.95 Å². The number of ether oxygens (including phenoxy) is 1. The van der Waals surface area contributed by atoms with Crippen LogP contribution >= 0.6 is 0 Å². The smallest absolute Gasteiger partial charge is 0.280 e. The fourth-order valence-electron chi connectivity index (χ4n) is 2.52. The molecule has 3 aromatic heterocycles. The van der Waals surface area contributed by atoms with E-state index in [4.69, 9.17) is 15.6 Å². The van der Waals surface area contributed by atoms with Crippen molar-refractivity contribution in [1.29, 1.82) is 0 Å². The van der Waals surface area contributed by atoms with Crippen LogP contribution in [-0.2, 0) is 4.74 Å². The van der Waals surface area contributed by atoms with Gasteiger partial charge in [0.1, 0.15) is 12.3 Å². The molecule has 10 heteroatoms. The first-order chi connectivity index (χ1) is 12.1. The van der Waals surface area contributed by atoms with Crippen LogP contribution in [0.1, 0.15) is 12.6 Å². The van der Waals surface area contributed by atoms with E-state index < -0.39 is 24.0 Å². The van der Waals surface area contributed by atoms with Gasteiger partial charge >= 0.3 is 0 Å². The zero-order chi connectivity index (χ0) is 17.8. The number of aliphatic hydroxyl groups is 2. The van der Waals surface area contributed by atoms with Crippen molar-refractivity contribution in [3.63, 3.8) is 0 Å². The van der Waals surface area contributed by atoms with Gasteiger partial charge in [0, 0.05) is 18.8 Å². The summed E-state index contributed by atoms with van der Waals surface area (Å²) in [5.41, 5.74) is 5.50. The molecule has 1 saturated heterocycles. The van der Waals surface area contributed by atoms with Gasteiger partial charge in [0.25, 0.3) is 5.56 Å². The fourth-order valence-corrected chi connectivity index (χ4v) is 2.52. The summed E-state index contributed by atoms with van der Waals surface area (Å²) in [6.45, 7) is -0.277. The van der Waals surface area contributed by atoms with Gasteiger partial charge in [-0.2, -0.15) is 4.98 Å². The Morgan fingerprint density at radius 3 is 2.68 bits per heavy atom. The second-order valence-electron chi connectivity index (χ2n) is 5.41. The molecule has 3 atom stereocenters. The minimum Gasteiger partial charge on any atom is -0.394 e. The Morgan fingerprint density at radius 2 is 2.12 bits per heavy atom. The molecule has 0 amide bonds. The first-order valence-corrected chi connectivity index (χ1v) is 7.62. The third-order valence-electron chi connectivity index (χ3n) is 3.71. The van der Waals surface area contributed by atoms with E-state index in [0.29, 0.717) is 0 Å². The number of imidazole rings is 1. The third-order valence-corrected chi connectivity index (χ3v) is 3.71. The van der Waals surface area contributed by atoms with Gasteiger partial charge in [-0.25, -0.2) is 4.98 Å². The average Bonchev–Trinajstić information content (AvgIpc) is 3.20. The van der Waals surface area contributed by atoms with E-state index in [1.165, 1.54) is 10.9 Å². The molecule has 5 N–H and O–H groups in total. The minimum atomic E-state index is -0.771. The van der Waals surface area contributed by atoms with Crippen molar-refractivity contribution in [3.05, 3.63) is 47.3 Å². The minimum absolute atomic E-state index is 0.0171. The maximum atomic E-state index is 11.6.